The van der Waals surface area contributed by atoms with Gasteiger partial charge in [0.15, 0.2) is 5.82 Å². The summed E-state index contributed by atoms with van der Waals surface area (Å²) < 4.78 is 32.2. The molecule has 5 rings (SSSR count). The Morgan fingerprint density at radius 1 is 1.16 bits per heavy atom. The fourth-order valence-corrected chi connectivity index (χ4v) is 5.18. The van der Waals surface area contributed by atoms with Crippen LogP contribution in [-0.2, 0) is 13.1 Å². The van der Waals surface area contributed by atoms with Crippen molar-refractivity contribution in [3.05, 3.63) is 75.6 Å². The maximum absolute atomic E-state index is 15.7. The summed E-state index contributed by atoms with van der Waals surface area (Å²) in [4.78, 5) is 28.1. The van der Waals surface area contributed by atoms with E-state index in [1.165, 1.54) is 10.1 Å². The molecule has 6 nitrogen and oxygen atoms in total. The predicted octanol–water partition coefficient (Wildman–Crippen LogP) is 3.46. The van der Waals surface area contributed by atoms with Crippen LogP contribution in [0, 0.1) is 11.6 Å². The van der Waals surface area contributed by atoms with Crippen molar-refractivity contribution in [1.29, 1.82) is 0 Å². The molecule has 2 aliphatic heterocycles. The van der Waals surface area contributed by atoms with Gasteiger partial charge in [0.05, 0.1) is 10.9 Å². The van der Waals surface area contributed by atoms with Crippen LogP contribution in [0.4, 0.5) is 14.5 Å². The molecule has 2 saturated heterocycles. The molecular weight excluding hydrogens is 416 g/mol. The average molecular weight is 439 g/mol. The second-order valence-corrected chi connectivity index (χ2v) is 8.49. The number of aryl methyl sites for hydroxylation is 1. The van der Waals surface area contributed by atoms with Crippen molar-refractivity contribution in [2.24, 2.45) is 0 Å². The molecule has 2 aromatic carbocycles. The number of halogens is 2. The Balaban J connectivity index is 1.52. The number of pyridine rings is 1. The lowest BCUT2D eigenvalue weighted by Crippen LogP contribution is -2.46. The number of hydrogen-bond acceptors (Lipinski definition) is 4. The Hall–Kier alpha value is -3.26. The van der Waals surface area contributed by atoms with Crippen LogP contribution in [0.15, 0.2) is 47.4 Å². The van der Waals surface area contributed by atoms with E-state index in [2.05, 4.69) is 17.0 Å². The van der Waals surface area contributed by atoms with Crippen molar-refractivity contribution in [3.8, 4) is 0 Å². The molecule has 2 atom stereocenters. The molecule has 2 bridgehead atoms. The molecule has 0 saturated carbocycles. The van der Waals surface area contributed by atoms with E-state index >= 15 is 8.78 Å². The standard InChI is InChI=1S/C24H23F2N3O3/c1-2-27-13-18(24(31)32)23(30)17-9-19(25)22(20(26)21(17)27)29-12-15-8-16(29)11-28(15)10-14-6-4-3-5-7-14/h3-7,9,13,15-16H,2,8,10-12H2,1H3,(H,31,32). The molecule has 32 heavy (non-hydrogen) atoms. The van der Waals surface area contributed by atoms with Gasteiger partial charge in [0.2, 0.25) is 5.43 Å². The van der Waals surface area contributed by atoms with Crippen molar-refractivity contribution in [3.63, 3.8) is 0 Å². The lowest BCUT2D eigenvalue weighted by molar-refractivity contribution is 0.0695. The van der Waals surface area contributed by atoms with Crippen molar-refractivity contribution >= 4 is 22.6 Å². The van der Waals surface area contributed by atoms with E-state index in [-0.39, 0.29) is 35.2 Å². The first-order valence-electron chi connectivity index (χ1n) is 10.7. The molecule has 2 aliphatic rings. The minimum absolute atomic E-state index is 0.0229. The smallest absolute Gasteiger partial charge is 0.341 e. The Kier molecular flexibility index (Phi) is 4.97. The molecule has 2 fully saturated rings. The lowest BCUT2D eigenvalue weighted by atomic mass is 10.1. The Bertz CT molecular complexity index is 1280. The molecule has 0 amide bonds. The number of hydrogen-bond donors (Lipinski definition) is 1. The van der Waals surface area contributed by atoms with Crippen LogP contribution >= 0.6 is 0 Å². The van der Waals surface area contributed by atoms with Crippen LogP contribution in [0.1, 0.15) is 29.3 Å². The summed E-state index contributed by atoms with van der Waals surface area (Å²) in [5.41, 5.74) is -0.353. The Morgan fingerprint density at radius 3 is 2.53 bits per heavy atom. The van der Waals surface area contributed by atoms with Gasteiger partial charge in [-0.25, -0.2) is 13.6 Å². The first-order valence-corrected chi connectivity index (χ1v) is 10.7. The second kappa shape index (κ2) is 7.70. The summed E-state index contributed by atoms with van der Waals surface area (Å²) >= 11 is 0. The van der Waals surface area contributed by atoms with Crippen LogP contribution in [0.3, 0.4) is 0 Å². The number of carbonyl (C=O) groups is 1. The maximum atomic E-state index is 15.7. The molecule has 0 aliphatic carbocycles. The molecule has 1 N–H and O–H groups in total. The molecule has 8 heteroatoms. The zero-order valence-corrected chi connectivity index (χ0v) is 17.6. The highest BCUT2D eigenvalue weighted by molar-refractivity contribution is 5.94. The molecular formula is C24H23F2N3O3. The number of benzene rings is 2. The second-order valence-electron chi connectivity index (χ2n) is 8.49. The Morgan fingerprint density at radius 2 is 1.91 bits per heavy atom. The minimum atomic E-state index is -1.42. The van der Waals surface area contributed by atoms with Crippen molar-refractivity contribution in [1.82, 2.24) is 9.47 Å². The fraction of sp³-hybridized carbons (Fsp3) is 0.333. The first kappa shape index (κ1) is 20.6. The third-order valence-corrected chi connectivity index (χ3v) is 6.67. The van der Waals surface area contributed by atoms with E-state index in [0.717, 1.165) is 25.2 Å². The number of rotatable bonds is 5. The fourth-order valence-electron chi connectivity index (χ4n) is 5.18. The number of aromatic carboxylic acids is 1. The van der Waals surface area contributed by atoms with Crippen LogP contribution < -0.4 is 10.3 Å². The van der Waals surface area contributed by atoms with Crippen molar-refractivity contribution in [2.75, 3.05) is 18.0 Å². The van der Waals surface area contributed by atoms with Gasteiger partial charge < -0.3 is 14.6 Å². The van der Waals surface area contributed by atoms with E-state index in [1.54, 1.807) is 11.8 Å². The topological polar surface area (TPSA) is 65.8 Å². The number of anilines is 1. The normalized spacial score (nSPS) is 20.4. The zero-order chi connectivity index (χ0) is 22.6. The van der Waals surface area contributed by atoms with Crippen LogP contribution in [-0.4, -0.2) is 45.7 Å². The number of likely N-dealkylation sites (tertiary alicyclic amines) is 1. The summed E-state index contributed by atoms with van der Waals surface area (Å²) in [6.07, 6.45) is 1.96. The van der Waals surface area contributed by atoms with Gasteiger partial charge in [-0.15, -0.1) is 0 Å². The number of piperazine rings is 1. The van der Waals surface area contributed by atoms with Gasteiger partial charge in [0, 0.05) is 44.5 Å². The maximum Gasteiger partial charge on any atom is 0.341 e. The largest absolute Gasteiger partial charge is 0.477 e. The zero-order valence-electron chi connectivity index (χ0n) is 17.6. The minimum Gasteiger partial charge on any atom is -0.477 e. The van der Waals surface area contributed by atoms with Gasteiger partial charge in [-0.05, 0) is 25.0 Å². The van der Waals surface area contributed by atoms with Gasteiger partial charge in [0.25, 0.3) is 0 Å². The van der Waals surface area contributed by atoms with Gasteiger partial charge in [-0.1, -0.05) is 30.3 Å². The van der Waals surface area contributed by atoms with E-state index in [0.29, 0.717) is 13.1 Å². The van der Waals surface area contributed by atoms with Crippen LogP contribution in [0.2, 0.25) is 0 Å². The summed E-state index contributed by atoms with van der Waals surface area (Å²) in [6, 6.07) is 11.3. The van der Waals surface area contributed by atoms with E-state index in [4.69, 9.17) is 0 Å². The van der Waals surface area contributed by atoms with Gasteiger partial charge in [0.1, 0.15) is 17.1 Å². The molecule has 3 aromatic rings. The van der Waals surface area contributed by atoms with Crippen LogP contribution in [0.25, 0.3) is 10.9 Å². The highest BCUT2D eigenvalue weighted by Crippen LogP contribution is 2.39. The van der Waals surface area contributed by atoms with Crippen molar-refractivity contribution in [2.45, 2.75) is 38.5 Å². The number of fused-ring (bicyclic) bond motifs is 3. The first-order chi connectivity index (χ1) is 15.4. The average Bonchev–Trinajstić information content (AvgIpc) is 3.35. The van der Waals surface area contributed by atoms with Gasteiger partial charge in [-0.3, -0.25) is 9.69 Å². The summed E-state index contributed by atoms with van der Waals surface area (Å²) in [6.45, 7) is 3.97. The molecule has 166 valence electrons. The number of carboxylic acid groups (broad SMARTS) is 1. The SMILES string of the molecule is CCn1cc(C(=O)O)c(=O)c2cc(F)c(N3CC4CC3CN4Cc3ccccc3)c(F)c21. The highest BCUT2D eigenvalue weighted by atomic mass is 19.1. The molecule has 0 radical (unpaired) electrons. The molecule has 3 heterocycles. The number of aromatic nitrogens is 1. The Labute approximate surface area is 183 Å². The van der Waals surface area contributed by atoms with Gasteiger partial charge >= 0.3 is 5.97 Å². The number of carboxylic acids is 1. The summed E-state index contributed by atoms with van der Waals surface area (Å²) in [5, 5.41) is 9.05. The molecule has 0 spiro atoms. The van der Waals surface area contributed by atoms with Crippen molar-refractivity contribution < 1.29 is 18.7 Å². The predicted molar refractivity (Wildman–Crippen MR) is 117 cm³/mol. The molecule has 2 unspecified atom stereocenters. The van der Waals surface area contributed by atoms with Crippen LogP contribution in [0.5, 0.6) is 0 Å². The van der Waals surface area contributed by atoms with Gasteiger partial charge in [-0.2, -0.15) is 0 Å². The highest BCUT2D eigenvalue weighted by Gasteiger charge is 2.45. The molecule has 1 aromatic heterocycles. The lowest BCUT2D eigenvalue weighted by Gasteiger charge is -2.36. The monoisotopic (exact) mass is 439 g/mol. The third-order valence-electron chi connectivity index (χ3n) is 6.67. The number of nitrogens with zero attached hydrogens (tertiary/aromatic N) is 3. The van der Waals surface area contributed by atoms with E-state index < -0.39 is 28.6 Å². The summed E-state index contributed by atoms with van der Waals surface area (Å²) in [7, 11) is 0. The van der Waals surface area contributed by atoms with E-state index in [1.807, 2.05) is 18.2 Å². The quantitative estimate of drug-likeness (QED) is 0.660. The summed E-state index contributed by atoms with van der Waals surface area (Å²) in [5.74, 6) is -3.06. The third kappa shape index (κ3) is 3.17. The van der Waals surface area contributed by atoms with E-state index in [9.17, 15) is 14.7 Å².